The predicted molar refractivity (Wildman–Crippen MR) is 83.4 cm³/mol. The van der Waals surface area contributed by atoms with Gasteiger partial charge in [-0.05, 0) is 43.1 Å². The van der Waals surface area contributed by atoms with Gasteiger partial charge in [-0.3, -0.25) is 9.80 Å². The Morgan fingerprint density at radius 1 is 1.14 bits per heavy atom. The van der Waals surface area contributed by atoms with E-state index in [9.17, 15) is 0 Å². The van der Waals surface area contributed by atoms with E-state index in [1.54, 1.807) is 0 Å². The maximum absolute atomic E-state index is 4.31. The fraction of sp³-hybridized carbons (Fsp3) is 0.471. The quantitative estimate of drug-likeness (QED) is 0.862. The normalized spacial score (nSPS) is 23.3. The van der Waals surface area contributed by atoms with Crippen molar-refractivity contribution in [2.75, 3.05) is 26.2 Å². The molecule has 110 valence electrons. The third kappa shape index (κ3) is 2.74. The van der Waals surface area contributed by atoms with Gasteiger partial charge in [-0.2, -0.15) is 5.10 Å². The smallest absolute Gasteiger partial charge is 0.0648 e. The summed E-state index contributed by atoms with van der Waals surface area (Å²) in [7, 11) is 0. The molecule has 2 aliphatic rings. The van der Waals surface area contributed by atoms with Crippen molar-refractivity contribution in [1.29, 1.82) is 0 Å². The highest BCUT2D eigenvalue weighted by molar-refractivity contribution is 5.35. The monoisotopic (exact) mass is 282 g/mol. The zero-order valence-corrected chi connectivity index (χ0v) is 12.4. The van der Waals surface area contributed by atoms with Crippen LogP contribution in [0, 0.1) is 0 Å². The van der Waals surface area contributed by atoms with Crippen molar-refractivity contribution in [3.05, 3.63) is 48.3 Å². The third-order valence-corrected chi connectivity index (χ3v) is 4.76. The molecule has 4 nitrogen and oxygen atoms in total. The second-order valence-corrected chi connectivity index (χ2v) is 6.19. The highest BCUT2D eigenvalue weighted by Gasteiger charge is 2.30. The Balaban J connectivity index is 1.46. The molecule has 0 saturated carbocycles. The van der Waals surface area contributed by atoms with Gasteiger partial charge in [0.2, 0.25) is 0 Å². The molecule has 1 aromatic heterocycles. The molecule has 0 bridgehead atoms. The molecule has 2 aromatic rings. The standard InChI is InChI=1S/C17H22N4/c1-4-15(12-16(5-1)21-9-3-7-18-21)13-19-10-11-20-8-2-6-17(20)14-19/h1,3-5,7,9,12,17H,2,6,8,10-11,13-14H2/t17-/m0/s1. The number of hydrogen-bond acceptors (Lipinski definition) is 3. The van der Waals surface area contributed by atoms with E-state index < -0.39 is 0 Å². The van der Waals surface area contributed by atoms with Gasteiger partial charge >= 0.3 is 0 Å². The average Bonchev–Trinajstić information content (AvgIpc) is 3.18. The van der Waals surface area contributed by atoms with Gasteiger partial charge in [-0.15, -0.1) is 0 Å². The Morgan fingerprint density at radius 3 is 3.05 bits per heavy atom. The van der Waals surface area contributed by atoms with E-state index in [0.29, 0.717) is 0 Å². The van der Waals surface area contributed by atoms with Gasteiger partial charge in [0.1, 0.15) is 0 Å². The van der Waals surface area contributed by atoms with E-state index in [1.807, 2.05) is 23.1 Å². The Hall–Kier alpha value is -1.65. The van der Waals surface area contributed by atoms with Gasteiger partial charge in [0.05, 0.1) is 5.69 Å². The van der Waals surface area contributed by atoms with Crippen molar-refractivity contribution in [2.45, 2.75) is 25.4 Å². The van der Waals surface area contributed by atoms with E-state index in [0.717, 1.165) is 18.3 Å². The lowest BCUT2D eigenvalue weighted by Gasteiger charge is -2.37. The van der Waals surface area contributed by atoms with Crippen molar-refractivity contribution in [3.63, 3.8) is 0 Å². The summed E-state index contributed by atoms with van der Waals surface area (Å²) in [5, 5.41) is 4.31. The van der Waals surface area contributed by atoms with Gasteiger partial charge in [0.15, 0.2) is 0 Å². The third-order valence-electron chi connectivity index (χ3n) is 4.76. The Labute approximate surface area is 126 Å². The number of rotatable bonds is 3. The molecule has 4 heteroatoms. The highest BCUT2D eigenvalue weighted by Crippen LogP contribution is 2.22. The zero-order valence-electron chi connectivity index (χ0n) is 12.4. The van der Waals surface area contributed by atoms with E-state index in [-0.39, 0.29) is 0 Å². The molecule has 0 unspecified atom stereocenters. The first-order valence-electron chi connectivity index (χ1n) is 7.94. The molecule has 0 N–H and O–H groups in total. The zero-order chi connectivity index (χ0) is 14.1. The van der Waals surface area contributed by atoms with Crippen LogP contribution in [0.5, 0.6) is 0 Å². The van der Waals surface area contributed by atoms with Gasteiger partial charge in [0.25, 0.3) is 0 Å². The topological polar surface area (TPSA) is 24.3 Å². The molecule has 1 atom stereocenters. The average molecular weight is 282 g/mol. The van der Waals surface area contributed by atoms with Crippen molar-refractivity contribution >= 4 is 0 Å². The second kappa shape index (κ2) is 5.62. The van der Waals surface area contributed by atoms with Gasteiger partial charge in [-0.25, -0.2) is 4.68 Å². The molecule has 2 saturated heterocycles. The van der Waals surface area contributed by atoms with Crippen LogP contribution in [0.3, 0.4) is 0 Å². The molecule has 21 heavy (non-hydrogen) atoms. The van der Waals surface area contributed by atoms with E-state index in [1.165, 1.54) is 44.6 Å². The molecule has 1 aromatic carbocycles. The summed E-state index contributed by atoms with van der Waals surface area (Å²) in [4.78, 5) is 5.27. The fourth-order valence-electron chi connectivity index (χ4n) is 3.68. The summed E-state index contributed by atoms with van der Waals surface area (Å²) < 4.78 is 1.93. The lowest BCUT2D eigenvalue weighted by molar-refractivity contribution is 0.0994. The van der Waals surface area contributed by atoms with Crippen LogP contribution in [-0.2, 0) is 6.54 Å². The largest absolute Gasteiger partial charge is 0.298 e. The maximum Gasteiger partial charge on any atom is 0.0648 e. The minimum Gasteiger partial charge on any atom is -0.298 e. The van der Waals surface area contributed by atoms with E-state index in [2.05, 4.69) is 39.2 Å². The first-order valence-corrected chi connectivity index (χ1v) is 7.94. The summed E-state index contributed by atoms with van der Waals surface area (Å²) in [5.41, 5.74) is 2.53. The number of fused-ring (bicyclic) bond motifs is 1. The van der Waals surface area contributed by atoms with Crippen molar-refractivity contribution < 1.29 is 0 Å². The predicted octanol–water partition coefficient (Wildman–Crippen LogP) is 2.15. The Morgan fingerprint density at radius 2 is 2.14 bits per heavy atom. The van der Waals surface area contributed by atoms with Crippen LogP contribution in [0.1, 0.15) is 18.4 Å². The van der Waals surface area contributed by atoms with Gasteiger partial charge in [-0.1, -0.05) is 12.1 Å². The summed E-state index contributed by atoms with van der Waals surface area (Å²) in [6.45, 7) is 6.03. The van der Waals surface area contributed by atoms with Crippen LogP contribution in [0.2, 0.25) is 0 Å². The van der Waals surface area contributed by atoms with Gasteiger partial charge < -0.3 is 0 Å². The molecule has 0 aliphatic carbocycles. The Bertz CT molecular complexity index is 593. The summed E-state index contributed by atoms with van der Waals surface area (Å²) in [6.07, 6.45) is 6.58. The number of hydrogen-bond donors (Lipinski definition) is 0. The summed E-state index contributed by atoms with van der Waals surface area (Å²) in [6, 6.07) is 11.5. The minimum absolute atomic E-state index is 0.799. The van der Waals surface area contributed by atoms with Crippen molar-refractivity contribution in [1.82, 2.24) is 19.6 Å². The van der Waals surface area contributed by atoms with E-state index >= 15 is 0 Å². The molecule has 0 radical (unpaired) electrons. The number of aromatic nitrogens is 2. The summed E-state index contributed by atoms with van der Waals surface area (Å²) >= 11 is 0. The number of nitrogens with zero attached hydrogens (tertiary/aromatic N) is 4. The molecule has 2 aliphatic heterocycles. The second-order valence-electron chi connectivity index (χ2n) is 6.19. The number of benzene rings is 1. The molecular weight excluding hydrogens is 260 g/mol. The minimum atomic E-state index is 0.799. The van der Waals surface area contributed by atoms with Crippen LogP contribution in [-0.4, -0.2) is 51.8 Å². The molecule has 2 fully saturated rings. The first kappa shape index (κ1) is 13.0. The maximum atomic E-state index is 4.31. The van der Waals surface area contributed by atoms with Crippen LogP contribution in [0.4, 0.5) is 0 Å². The summed E-state index contributed by atoms with van der Waals surface area (Å²) in [5.74, 6) is 0. The number of piperazine rings is 1. The SMILES string of the molecule is c1cc(CN2CCN3CCC[C@H]3C2)cc(-n2cccn2)c1. The highest BCUT2D eigenvalue weighted by atomic mass is 15.3. The fourth-order valence-corrected chi connectivity index (χ4v) is 3.68. The molecule has 4 rings (SSSR count). The van der Waals surface area contributed by atoms with Crippen molar-refractivity contribution in [2.24, 2.45) is 0 Å². The van der Waals surface area contributed by atoms with Crippen LogP contribution >= 0.6 is 0 Å². The lowest BCUT2D eigenvalue weighted by Crippen LogP contribution is -2.49. The molecule has 0 amide bonds. The van der Waals surface area contributed by atoms with Crippen LogP contribution in [0.15, 0.2) is 42.7 Å². The van der Waals surface area contributed by atoms with Crippen molar-refractivity contribution in [3.8, 4) is 5.69 Å². The Kier molecular flexibility index (Phi) is 3.49. The van der Waals surface area contributed by atoms with Gasteiger partial charge in [0, 0.05) is 44.6 Å². The van der Waals surface area contributed by atoms with Crippen LogP contribution < -0.4 is 0 Å². The molecular formula is C17H22N4. The van der Waals surface area contributed by atoms with E-state index in [4.69, 9.17) is 0 Å². The van der Waals surface area contributed by atoms with Crippen LogP contribution in [0.25, 0.3) is 5.69 Å². The lowest BCUT2D eigenvalue weighted by atomic mass is 10.1. The molecule has 0 spiro atoms. The molecule has 3 heterocycles. The first-order chi connectivity index (χ1) is 10.4.